The van der Waals surface area contributed by atoms with E-state index in [1.165, 1.54) is 12.1 Å². The lowest BCUT2D eigenvalue weighted by molar-refractivity contribution is 0.626. The van der Waals surface area contributed by atoms with Gasteiger partial charge in [-0.25, -0.2) is 4.39 Å². The number of nitrogens with one attached hydrogen (secondary N) is 1. The predicted octanol–water partition coefficient (Wildman–Crippen LogP) is 2.69. The second kappa shape index (κ2) is 5.83. The molecule has 0 amide bonds. The summed E-state index contributed by atoms with van der Waals surface area (Å²) in [6.07, 6.45) is 1.87. The van der Waals surface area contributed by atoms with Crippen molar-refractivity contribution in [1.29, 1.82) is 0 Å². The fourth-order valence-corrected chi connectivity index (χ4v) is 1.99. The molecule has 1 rings (SSSR count). The van der Waals surface area contributed by atoms with Crippen LogP contribution in [0.25, 0.3) is 0 Å². The highest BCUT2D eigenvalue weighted by molar-refractivity contribution is 7.99. The Balaban J connectivity index is 2.45. The molecule has 0 aromatic heterocycles. The van der Waals surface area contributed by atoms with Crippen molar-refractivity contribution in [3.05, 3.63) is 42.7 Å². The van der Waals surface area contributed by atoms with Crippen molar-refractivity contribution in [1.82, 2.24) is 5.32 Å². The van der Waals surface area contributed by atoms with Gasteiger partial charge in [-0.1, -0.05) is 6.08 Å². The second-order valence-corrected chi connectivity index (χ2v) is 3.99. The smallest absolute Gasteiger partial charge is 0.123 e. The molecular weight excluding hydrogens is 197 g/mol. The molecule has 3 heteroatoms. The average Bonchev–Trinajstić information content (AvgIpc) is 2.22. The number of hydrogen-bond acceptors (Lipinski definition) is 2. The first-order valence-corrected chi connectivity index (χ1v) is 5.43. The Morgan fingerprint density at radius 2 is 2.14 bits per heavy atom. The number of hydrogen-bond donors (Lipinski definition) is 1. The minimum Gasteiger partial charge on any atom is -0.313 e. The third kappa shape index (κ3) is 3.52. The molecule has 14 heavy (non-hydrogen) atoms. The molecular formula is C11H14FNS. The molecule has 1 aromatic carbocycles. The fraction of sp³-hybridized carbons (Fsp3) is 0.273. The van der Waals surface area contributed by atoms with E-state index in [9.17, 15) is 4.39 Å². The summed E-state index contributed by atoms with van der Waals surface area (Å²) in [6.45, 7) is 3.72. The van der Waals surface area contributed by atoms with Gasteiger partial charge in [0.05, 0.1) is 0 Å². The van der Waals surface area contributed by atoms with Crippen LogP contribution in [0.1, 0.15) is 0 Å². The summed E-state index contributed by atoms with van der Waals surface area (Å²) in [6, 6.07) is 6.82. The van der Waals surface area contributed by atoms with Gasteiger partial charge in [0.2, 0.25) is 0 Å². The summed E-state index contributed by atoms with van der Waals surface area (Å²) in [7, 11) is 1.90. The van der Waals surface area contributed by atoms with Gasteiger partial charge < -0.3 is 5.32 Å². The predicted molar refractivity (Wildman–Crippen MR) is 60.2 cm³/mol. The number of likely N-dealkylation sites (N-methyl/N-ethyl adjacent to an activating group) is 1. The zero-order valence-electron chi connectivity index (χ0n) is 8.16. The summed E-state index contributed by atoms with van der Waals surface area (Å²) in [5, 5.41) is 3.12. The van der Waals surface area contributed by atoms with Gasteiger partial charge in [-0.05, 0) is 31.3 Å². The molecule has 0 bridgehead atoms. The summed E-state index contributed by atoms with van der Waals surface area (Å²) in [5.74, 6) is 0.717. The van der Waals surface area contributed by atoms with Gasteiger partial charge in [-0.3, -0.25) is 0 Å². The number of benzene rings is 1. The summed E-state index contributed by atoms with van der Waals surface area (Å²) < 4.78 is 12.6. The molecule has 0 saturated carbocycles. The molecule has 0 aliphatic carbocycles. The van der Waals surface area contributed by atoms with Gasteiger partial charge in [0.25, 0.3) is 0 Å². The summed E-state index contributed by atoms with van der Waals surface area (Å²) in [5.41, 5.74) is 0. The third-order valence-electron chi connectivity index (χ3n) is 1.90. The Kier molecular flexibility index (Phi) is 4.70. The van der Waals surface area contributed by atoms with E-state index in [4.69, 9.17) is 0 Å². The highest BCUT2D eigenvalue weighted by Crippen LogP contribution is 2.18. The van der Waals surface area contributed by atoms with E-state index < -0.39 is 0 Å². The Morgan fingerprint density at radius 3 is 2.64 bits per heavy atom. The Labute approximate surface area is 88.4 Å². The molecule has 1 atom stereocenters. The van der Waals surface area contributed by atoms with Crippen LogP contribution >= 0.6 is 11.8 Å². The van der Waals surface area contributed by atoms with E-state index in [0.29, 0.717) is 6.04 Å². The Bertz CT molecular complexity index is 284. The molecule has 0 aliphatic heterocycles. The minimum absolute atomic E-state index is 0.191. The number of rotatable bonds is 5. The van der Waals surface area contributed by atoms with Crippen LogP contribution in [-0.2, 0) is 0 Å². The standard InChI is InChI=1S/C11H14FNS/c1-3-10(13-2)8-14-11-6-4-9(12)5-7-11/h3-7,10,13H,1,8H2,2H3. The molecule has 1 unspecified atom stereocenters. The van der Waals surface area contributed by atoms with Crippen LogP contribution in [0.5, 0.6) is 0 Å². The molecule has 76 valence electrons. The second-order valence-electron chi connectivity index (χ2n) is 2.90. The first kappa shape index (κ1) is 11.3. The fourth-order valence-electron chi connectivity index (χ4n) is 0.986. The minimum atomic E-state index is -0.191. The number of halogens is 1. The van der Waals surface area contributed by atoms with Crippen LogP contribution in [0.2, 0.25) is 0 Å². The van der Waals surface area contributed by atoms with Crippen LogP contribution in [-0.4, -0.2) is 18.8 Å². The zero-order chi connectivity index (χ0) is 10.4. The molecule has 0 fully saturated rings. The highest BCUT2D eigenvalue weighted by Gasteiger charge is 2.01. The van der Waals surface area contributed by atoms with Crippen molar-refractivity contribution in [3.63, 3.8) is 0 Å². The van der Waals surface area contributed by atoms with E-state index >= 15 is 0 Å². The molecule has 1 aromatic rings. The van der Waals surface area contributed by atoms with Crippen molar-refractivity contribution < 1.29 is 4.39 Å². The quantitative estimate of drug-likeness (QED) is 0.593. The third-order valence-corrected chi connectivity index (χ3v) is 3.03. The van der Waals surface area contributed by atoms with Crippen molar-refractivity contribution in [2.24, 2.45) is 0 Å². The monoisotopic (exact) mass is 211 g/mol. The van der Waals surface area contributed by atoms with Crippen molar-refractivity contribution in [2.75, 3.05) is 12.8 Å². The van der Waals surface area contributed by atoms with Crippen LogP contribution < -0.4 is 5.32 Å². The molecule has 0 heterocycles. The lowest BCUT2D eigenvalue weighted by Crippen LogP contribution is -2.24. The largest absolute Gasteiger partial charge is 0.313 e. The van der Waals surface area contributed by atoms with Crippen LogP contribution in [0.15, 0.2) is 41.8 Å². The lowest BCUT2D eigenvalue weighted by Gasteiger charge is -2.10. The van der Waals surface area contributed by atoms with E-state index in [1.807, 2.05) is 13.1 Å². The van der Waals surface area contributed by atoms with Gasteiger partial charge in [0.1, 0.15) is 5.82 Å². The van der Waals surface area contributed by atoms with Gasteiger partial charge in [0.15, 0.2) is 0 Å². The van der Waals surface area contributed by atoms with Crippen LogP contribution in [0.4, 0.5) is 4.39 Å². The molecule has 0 spiro atoms. The Hall–Kier alpha value is -0.800. The van der Waals surface area contributed by atoms with E-state index in [2.05, 4.69) is 11.9 Å². The van der Waals surface area contributed by atoms with Gasteiger partial charge in [-0.15, -0.1) is 18.3 Å². The van der Waals surface area contributed by atoms with Gasteiger partial charge >= 0.3 is 0 Å². The summed E-state index contributed by atoms with van der Waals surface area (Å²) >= 11 is 1.69. The van der Waals surface area contributed by atoms with Crippen molar-refractivity contribution in [3.8, 4) is 0 Å². The lowest BCUT2D eigenvalue weighted by atomic mass is 10.3. The Morgan fingerprint density at radius 1 is 1.50 bits per heavy atom. The molecule has 1 nitrogen and oxygen atoms in total. The number of thioether (sulfide) groups is 1. The molecule has 0 radical (unpaired) electrons. The van der Waals surface area contributed by atoms with Crippen molar-refractivity contribution >= 4 is 11.8 Å². The highest BCUT2D eigenvalue weighted by atomic mass is 32.2. The molecule has 0 aliphatic rings. The first-order valence-electron chi connectivity index (χ1n) is 4.44. The maximum atomic E-state index is 12.6. The summed E-state index contributed by atoms with van der Waals surface area (Å²) in [4.78, 5) is 1.08. The normalized spacial score (nSPS) is 12.4. The van der Waals surface area contributed by atoms with Gasteiger partial charge in [0, 0.05) is 16.7 Å². The average molecular weight is 211 g/mol. The maximum Gasteiger partial charge on any atom is 0.123 e. The SMILES string of the molecule is C=CC(CSc1ccc(F)cc1)NC. The molecule has 1 N–H and O–H groups in total. The van der Waals surface area contributed by atoms with E-state index in [1.54, 1.807) is 23.9 Å². The molecule has 0 saturated heterocycles. The zero-order valence-corrected chi connectivity index (χ0v) is 8.98. The maximum absolute atomic E-state index is 12.6. The van der Waals surface area contributed by atoms with E-state index in [-0.39, 0.29) is 5.82 Å². The van der Waals surface area contributed by atoms with E-state index in [0.717, 1.165) is 10.6 Å². The van der Waals surface area contributed by atoms with Gasteiger partial charge in [-0.2, -0.15) is 0 Å². The topological polar surface area (TPSA) is 12.0 Å². The van der Waals surface area contributed by atoms with Crippen LogP contribution in [0, 0.1) is 5.82 Å². The van der Waals surface area contributed by atoms with Crippen molar-refractivity contribution in [2.45, 2.75) is 10.9 Å². The first-order chi connectivity index (χ1) is 6.76. The van der Waals surface area contributed by atoms with Crippen LogP contribution in [0.3, 0.4) is 0 Å².